The van der Waals surface area contributed by atoms with E-state index < -0.39 is 17.7 Å². The molecule has 186 valence electrons. The van der Waals surface area contributed by atoms with Gasteiger partial charge in [-0.1, -0.05) is 38.4 Å². The van der Waals surface area contributed by atoms with Gasteiger partial charge < -0.3 is 9.47 Å². The van der Waals surface area contributed by atoms with Gasteiger partial charge in [0.15, 0.2) is 0 Å². The number of rotatable bonds is 8. The summed E-state index contributed by atoms with van der Waals surface area (Å²) >= 11 is 6.52. The Balaban J connectivity index is 1.81. The third-order valence-corrected chi connectivity index (χ3v) is 5.38. The predicted molar refractivity (Wildman–Crippen MR) is 139 cm³/mol. The number of aryl methyl sites for hydroxylation is 1. The molecule has 0 radical (unpaired) electrons. The minimum absolute atomic E-state index is 0.0816. The van der Waals surface area contributed by atoms with Crippen LogP contribution in [-0.2, 0) is 16.0 Å². The van der Waals surface area contributed by atoms with Crippen LogP contribution >= 0.6 is 11.6 Å². The molecule has 0 aliphatic carbocycles. The molecule has 3 aromatic rings. The first-order valence-corrected chi connectivity index (χ1v) is 11.8. The molecule has 0 fully saturated rings. The third kappa shape index (κ3) is 6.49. The number of ether oxygens (including phenoxy) is 2. The van der Waals surface area contributed by atoms with Crippen molar-refractivity contribution in [2.75, 3.05) is 12.0 Å². The molecule has 1 aromatic heterocycles. The molecule has 36 heavy (non-hydrogen) atoms. The fraction of sp³-hybridized carbons (Fsp3) is 0.269. The molecule has 0 saturated carbocycles. The topological polar surface area (TPSA) is 126 Å². The standard InChI is InChI=1S/C26H26ClN5O4/c1-5-16-11-18(31-32-23(14-28)25(33)30-26(34)35-6-2)13-20(27)24(16)36-19-8-10-22-17(12-19)7-9-21(29-22)15(3)4/h7-13,15,31H,5-6H2,1-4H3,(H,30,33,34)/b32-23+. The molecule has 3 rings (SSSR count). The van der Waals surface area contributed by atoms with Crippen LogP contribution < -0.4 is 15.5 Å². The van der Waals surface area contributed by atoms with Crippen molar-refractivity contribution in [1.29, 1.82) is 5.26 Å². The van der Waals surface area contributed by atoms with Crippen LogP contribution in [-0.4, -0.2) is 29.3 Å². The van der Waals surface area contributed by atoms with Gasteiger partial charge in [0, 0.05) is 11.1 Å². The minimum Gasteiger partial charge on any atom is -0.455 e. The Labute approximate surface area is 214 Å². The molecule has 0 saturated heterocycles. The number of carbonyl (C=O) groups is 2. The van der Waals surface area contributed by atoms with E-state index in [0.717, 1.165) is 22.2 Å². The van der Waals surface area contributed by atoms with Crippen LogP contribution in [0.5, 0.6) is 11.5 Å². The van der Waals surface area contributed by atoms with E-state index in [1.807, 2.05) is 42.6 Å². The summed E-state index contributed by atoms with van der Waals surface area (Å²) < 4.78 is 10.8. The van der Waals surface area contributed by atoms with Gasteiger partial charge >= 0.3 is 6.09 Å². The molecule has 0 aliphatic heterocycles. The Morgan fingerprint density at radius 1 is 1.17 bits per heavy atom. The number of benzene rings is 2. The SMILES string of the molecule is CCOC(=O)NC(=O)/C(C#N)=N/Nc1cc(Cl)c(Oc2ccc3nc(C(C)C)ccc3c2)c(CC)c1. The minimum atomic E-state index is -0.989. The van der Waals surface area contributed by atoms with E-state index in [-0.39, 0.29) is 6.61 Å². The number of nitrogens with zero attached hydrogens (tertiary/aromatic N) is 3. The fourth-order valence-electron chi connectivity index (χ4n) is 3.28. The molecule has 0 aliphatic rings. The fourth-order valence-corrected chi connectivity index (χ4v) is 3.56. The molecule has 0 unspecified atom stereocenters. The number of nitriles is 1. The van der Waals surface area contributed by atoms with Gasteiger partial charge in [0.2, 0.25) is 5.71 Å². The van der Waals surface area contributed by atoms with Gasteiger partial charge in [-0.25, -0.2) is 4.79 Å². The first-order chi connectivity index (χ1) is 17.2. The molecular formula is C26H26ClN5O4. The highest BCUT2D eigenvalue weighted by Gasteiger charge is 2.16. The molecule has 2 amide bonds. The molecule has 2 aromatic carbocycles. The number of anilines is 1. The van der Waals surface area contributed by atoms with Crippen molar-refractivity contribution >= 4 is 45.9 Å². The van der Waals surface area contributed by atoms with Gasteiger partial charge in [-0.15, -0.1) is 0 Å². The van der Waals surface area contributed by atoms with E-state index in [4.69, 9.17) is 16.3 Å². The van der Waals surface area contributed by atoms with Crippen molar-refractivity contribution in [2.45, 2.75) is 40.0 Å². The van der Waals surface area contributed by atoms with Crippen LogP contribution in [0.4, 0.5) is 10.5 Å². The average molecular weight is 508 g/mol. The lowest BCUT2D eigenvalue weighted by Crippen LogP contribution is -2.36. The van der Waals surface area contributed by atoms with Crippen molar-refractivity contribution in [3.63, 3.8) is 0 Å². The second kappa shape index (κ2) is 12.0. The Bertz CT molecular complexity index is 1360. The Hall–Kier alpha value is -4.16. The highest BCUT2D eigenvalue weighted by Crippen LogP contribution is 2.37. The van der Waals surface area contributed by atoms with Crippen LogP contribution in [0.1, 0.15) is 44.9 Å². The number of pyridine rings is 1. The molecule has 0 bridgehead atoms. The van der Waals surface area contributed by atoms with Crippen molar-refractivity contribution in [3.05, 3.63) is 58.7 Å². The van der Waals surface area contributed by atoms with Gasteiger partial charge in [0.05, 0.1) is 22.8 Å². The number of aromatic nitrogens is 1. The Morgan fingerprint density at radius 3 is 2.61 bits per heavy atom. The second-order valence-corrected chi connectivity index (χ2v) is 8.41. The highest BCUT2D eigenvalue weighted by atomic mass is 35.5. The van der Waals surface area contributed by atoms with Gasteiger partial charge in [0.1, 0.15) is 17.6 Å². The first-order valence-electron chi connectivity index (χ1n) is 11.4. The smallest absolute Gasteiger partial charge is 0.414 e. The summed E-state index contributed by atoms with van der Waals surface area (Å²) in [6, 6.07) is 14.6. The number of amides is 2. The summed E-state index contributed by atoms with van der Waals surface area (Å²) in [5.74, 6) is 0.445. The lowest BCUT2D eigenvalue weighted by Gasteiger charge is -2.15. The zero-order chi connectivity index (χ0) is 26.2. The van der Waals surface area contributed by atoms with Crippen molar-refractivity contribution in [3.8, 4) is 17.6 Å². The van der Waals surface area contributed by atoms with Crippen LogP contribution in [0, 0.1) is 11.3 Å². The summed E-state index contributed by atoms with van der Waals surface area (Å²) in [6.45, 7) is 7.81. The number of imide groups is 1. The molecule has 0 atom stereocenters. The third-order valence-electron chi connectivity index (χ3n) is 5.10. The van der Waals surface area contributed by atoms with Crippen molar-refractivity contribution in [2.24, 2.45) is 5.10 Å². The van der Waals surface area contributed by atoms with E-state index in [1.54, 1.807) is 25.1 Å². The zero-order valence-corrected chi connectivity index (χ0v) is 21.1. The van der Waals surface area contributed by atoms with Crippen LogP contribution in [0.25, 0.3) is 10.9 Å². The summed E-state index contributed by atoms with van der Waals surface area (Å²) in [6.07, 6.45) is -0.372. The van der Waals surface area contributed by atoms with Gasteiger partial charge in [-0.05, 0) is 61.2 Å². The van der Waals surface area contributed by atoms with Gasteiger partial charge in [-0.2, -0.15) is 10.4 Å². The summed E-state index contributed by atoms with van der Waals surface area (Å²) in [5, 5.41) is 16.2. The predicted octanol–water partition coefficient (Wildman–Crippen LogP) is 5.93. The molecule has 0 spiro atoms. The maximum absolute atomic E-state index is 12.0. The highest BCUT2D eigenvalue weighted by molar-refractivity contribution is 6.46. The lowest BCUT2D eigenvalue weighted by atomic mass is 10.1. The number of halogens is 1. The number of hydrogen-bond acceptors (Lipinski definition) is 8. The van der Waals surface area contributed by atoms with Crippen molar-refractivity contribution in [1.82, 2.24) is 10.3 Å². The normalized spacial score (nSPS) is 11.2. The lowest BCUT2D eigenvalue weighted by molar-refractivity contribution is -0.114. The first kappa shape index (κ1) is 26.4. The maximum atomic E-state index is 12.0. The van der Waals surface area contributed by atoms with E-state index in [1.165, 1.54) is 0 Å². The largest absolute Gasteiger partial charge is 0.455 e. The summed E-state index contributed by atoms with van der Waals surface area (Å²) in [5.41, 5.74) is 5.20. The van der Waals surface area contributed by atoms with E-state index in [9.17, 15) is 14.9 Å². The van der Waals surface area contributed by atoms with Gasteiger partial charge in [0.25, 0.3) is 5.91 Å². The molecule has 2 N–H and O–H groups in total. The maximum Gasteiger partial charge on any atom is 0.414 e. The van der Waals surface area contributed by atoms with Gasteiger partial charge in [-0.3, -0.25) is 20.5 Å². The number of hydrogen-bond donors (Lipinski definition) is 2. The Kier molecular flexibility index (Phi) is 8.81. The number of alkyl carbamates (subject to hydrolysis) is 1. The average Bonchev–Trinajstić information content (AvgIpc) is 2.85. The molecule has 10 heteroatoms. The summed E-state index contributed by atoms with van der Waals surface area (Å²) in [7, 11) is 0. The van der Waals surface area contributed by atoms with E-state index in [2.05, 4.69) is 34.1 Å². The molecule has 9 nitrogen and oxygen atoms in total. The number of fused-ring (bicyclic) bond motifs is 1. The number of hydrazone groups is 1. The summed E-state index contributed by atoms with van der Waals surface area (Å²) in [4.78, 5) is 28.1. The molecule has 1 heterocycles. The zero-order valence-electron chi connectivity index (χ0n) is 20.4. The molecular weight excluding hydrogens is 482 g/mol. The van der Waals surface area contributed by atoms with Crippen LogP contribution in [0.15, 0.2) is 47.6 Å². The van der Waals surface area contributed by atoms with Crippen LogP contribution in [0.2, 0.25) is 5.02 Å². The second-order valence-electron chi connectivity index (χ2n) is 8.01. The Morgan fingerprint density at radius 2 is 1.94 bits per heavy atom. The quantitative estimate of drug-likeness (QED) is 0.286. The van der Waals surface area contributed by atoms with Crippen molar-refractivity contribution < 1.29 is 19.1 Å². The van der Waals surface area contributed by atoms with E-state index >= 15 is 0 Å². The number of nitrogens with one attached hydrogen (secondary N) is 2. The monoisotopic (exact) mass is 507 g/mol. The van der Waals surface area contributed by atoms with Crippen LogP contribution in [0.3, 0.4) is 0 Å². The van der Waals surface area contributed by atoms with E-state index in [0.29, 0.717) is 34.5 Å². The number of carbonyl (C=O) groups excluding carboxylic acids is 2.